The second-order valence-electron chi connectivity index (χ2n) is 6.44. The molecule has 1 atom stereocenters. The van der Waals surface area contributed by atoms with Crippen LogP contribution in [0, 0.1) is 0 Å². The minimum Gasteiger partial charge on any atom is -0.476 e. The molecule has 0 radical (unpaired) electrons. The molecule has 27 heavy (non-hydrogen) atoms. The van der Waals surface area contributed by atoms with E-state index in [9.17, 15) is 9.59 Å². The summed E-state index contributed by atoms with van der Waals surface area (Å²) in [5.41, 5.74) is 1.23. The summed E-state index contributed by atoms with van der Waals surface area (Å²) in [4.78, 5) is 29.5. The summed E-state index contributed by atoms with van der Waals surface area (Å²) in [5, 5.41) is 0. The van der Waals surface area contributed by atoms with E-state index in [1.54, 1.807) is 28.0 Å². The zero-order valence-electron chi connectivity index (χ0n) is 14.6. The molecular formula is C20H19BrN2O4. The van der Waals surface area contributed by atoms with E-state index in [4.69, 9.17) is 9.47 Å². The van der Waals surface area contributed by atoms with Crippen molar-refractivity contribution in [2.45, 2.75) is 6.10 Å². The lowest BCUT2D eigenvalue weighted by Crippen LogP contribution is -2.54. The monoisotopic (exact) mass is 430 g/mol. The van der Waals surface area contributed by atoms with Crippen molar-refractivity contribution in [2.75, 3.05) is 37.7 Å². The molecule has 1 fully saturated rings. The Balaban J connectivity index is 1.64. The maximum atomic E-state index is 13.2. The van der Waals surface area contributed by atoms with Crippen LogP contribution >= 0.6 is 15.9 Å². The van der Waals surface area contributed by atoms with Gasteiger partial charge in [0.25, 0.3) is 11.8 Å². The lowest BCUT2D eigenvalue weighted by atomic mass is 10.1. The summed E-state index contributed by atoms with van der Waals surface area (Å²) in [5.74, 6) is 0.269. The van der Waals surface area contributed by atoms with E-state index in [1.807, 2.05) is 30.3 Å². The Kier molecular flexibility index (Phi) is 5.13. The number of morpholine rings is 1. The van der Waals surface area contributed by atoms with Crippen molar-refractivity contribution in [3.8, 4) is 5.75 Å². The lowest BCUT2D eigenvalue weighted by molar-refractivity contribution is -0.142. The highest BCUT2D eigenvalue weighted by atomic mass is 79.9. The highest BCUT2D eigenvalue weighted by Crippen LogP contribution is 2.34. The van der Waals surface area contributed by atoms with Gasteiger partial charge in [-0.25, -0.2) is 0 Å². The maximum absolute atomic E-state index is 13.2. The van der Waals surface area contributed by atoms with Gasteiger partial charge in [-0.05, 0) is 30.3 Å². The molecule has 0 bridgehead atoms. The van der Waals surface area contributed by atoms with Crippen molar-refractivity contribution < 1.29 is 19.1 Å². The fourth-order valence-corrected chi connectivity index (χ4v) is 3.72. The number of nitrogens with zero attached hydrogens (tertiary/aromatic N) is 2. The number of benzene rings is 2. The average Bonchev–Trinajstić information content (AvgIpc) is 2.72. The first kappa shape index (κ1) is 18.0. The van der Waals surface area contributed by atoms with E-state index in [0.29, 0.717) is 43.3 Å². The first-order valence-electron chi connectivity index (χ1n) is 8.83. The zero-order chi connectivity index (χ0) is 18.8. The number of hydrogen-bond donors (Lipinski definition) is 0. The summed E-state index contributed by atoms with van der Waals surface area (Å²) in [6, 6.07) is 14.5. The molecule has 0 saturated carbocycles. The Labute approximate surface area is 165 Å². The molecule has 1 saturated heterocycles. The zero-order valence-corrected chi connectivity index (χ0v) is 16.2. The van der Waals surface area contributed by atoms with Gasteiger partial charge in [-0.1, -0.05) is 34.1 Å². The van der Waals surface area contributed by atoms with Crippen LogP contribution in [0.4, 0.5) is 5.69 Å². The van der Waals surface area contributed by atoms with Gasteiger partial charge in [0.15, 0.2) is 6.10 Å². The Hall–Kier alpha value is -2.38. The highest BCUT2D eigenvalue weighted by molar-refractivity contribution is 9.10. The number of ether oxygens (including phenoxy) is 2. The first-order valence-corrected chi connectivity index (χ1v) is 9.62. The van der Waals surface area contributed by atoms with Crippen molar-refractivity contribution in [3.05, 3.63) is 58.6 Å². The molecule has 0 spiro atoms. The molecule has 7 heteroatoms. The predicted octanol–water partition coefficient (Wildman–Crippen LogP) is 2.72. The van der Waals surface area contributed by atoms with Crippen LogP contribution in [0.2, 0.25) is 0 Å². The van der Waals surface area contributed by atoms with E-state index in [-0.39, 0.29) is 18.4 Å². The third-order valence-electron chi connectivity index (χ3n) is 4.69. The third-order valence-corrected chi connectivity index (χ3v) is 5.18. The molecule has 2 aromatic rings. The molecule has 2 heterocycles. The molecule has 2 amide bonds. The van der Waals surface area contributed by atoms with Crippen LogP contribution in [0.15, 0.2) is 53.0 Å². The number of carbonyl (C=O) groups excluding carboxylic acids is 2. The number of amides is 2. The number of hydrogen-bond acceptors (Lipinski definition) is 4. The van der Waals surface area contributed by atoms with Crippen molar-refractivity contribution in [2.24, 2.45) is 0 Å². The number of para-hydroxylation sites is 2. The van der Waals surface area contributed by atoms with Gasteiger partial charge in [-0.3, -0.25) is 9.59 Å². The van der Waals surface area contributed by atoms with E-state index in [2.05, 4.69) is 15.9 Å². The SMILES string of the molecule is O=C([C@@H]1CN(C(=O)c2cccc(Br)c2)c2ccccc2O1)N1CCOCC1. The van der Waals surface area contributed by atoms with Gasteiger partial charge in [0.1, 0.15) is 5.75 Å². The number of anilines is 1. The van der Waals surface area contributed by atoms with Crippen LogP contribution in [-0.2, 0) is 9.53 Å². The molecular weight excluding hydrogens is 412 g/mol. The Morgan fingerprint density at radius 3 is 2.59 bits per heavy atom. The second kappa shape index (κ2) is 7.70. The minimum absolute atomic E-state index is 0.111. The van der Waals surface area contributed by atoms with Gasteiger partial charge >= 0.3 is 0 Å². The summed E-state index contributed by atoms with van der Waals surface area (Å²) in [7, 11) is 0. The topological polar surface area (TPSA) is 59.1 Å². The predicted molar refractivity (Wildman–Crippen MR) is 104 cm³/mol. The Morgan fingerprint density at radius 1 is 1.04 bits per heavy atom. The van der Waals surface area contributed by atoms with Gasteiger partial charge in [0, 0.05) is 23.1 Å². The fourth-order valence-electron chi connectivity index (χ4n) is 3.32. The van der Waals surface area contributed by atoms with Gasteiger partial charge in [0.2, 0.25) is 0 Å². The minimum atomic E-state index is -0.728. The average molecular weight is 431 g/mol. The van der Waals surface area contributed by atoms with E-state index in [1.165, 1.54) is 0 Å². The van der Waals surface area contributed by atoms with Crippen LogP contribution in [0.1, 0.15) is 10.4 Å². The number of carbonyl (C=O) groups is 2. The van der Waals surface area contributed by atoms with Crippen LogP contribution in [0.5, 0.6) is 5.75 Å². The van der Waals surface area contributed by atoms with Crippen LogP contribution in [0.25, 0.3) is 0 Å². The molecule has 140 valence electrons. The number of rotatable bonds is 2. The molecule has 0 unspecified atom stereocenters. The smallest absolute Gasteiger partial charge is 0.265 e. The van der Waals surface area contributed by atoms with Crippen molar-refractivity contribution in [3.63, 3.8) is 0 Å². The van der Waals surface area contributed by atoms with Gasteiger partial charge in [-0.2, -0.15) is 0 Å². The number of fused-ring (bicyclic) bond motifs is 1. The molecule has 2 aromatic carbocycles. The Bertz CT molecular complexity index is 867. The van der Waals surface area contributed by atoms with Gasteiger partial charge in [-0.15, -0.1) is 0 Å². The largest absolute Gasteiger partial charge is 0.476 e. The summed E-state index contributed by atoms with van der Waals surface area (Å²) in [6.07, 6.45) is -0.728. The van der Waals surface area contributed by atoms with Gasteiger partial charge in [0.05, 0.1) is 25.4 Å². The molecule has 0 aliphatic carbocycles. The highest BCUT2D eigenvalue weighted by Gasteiger charge is 2.36. The van der Waals surface area contributed by atoms with E-state index in [0.717, 1.165) is 4.47 Å². The standard InChI is InChI=1S/C20H19BrN2O4/c21-15-5-3-4-14(12-15)19(24)23-13-18(20(25)22-8-10-26-11-9-22)27-17-7-2-1-6-16(17)23/h1-7,12,18H,8-11,13H2/t18-/m0/s1. The van der Waals surface area contributed by atoms with E-state index >= 15 is 0 Å². The number of halogens is 1. The maximum Gasteiger partial charge on any atom is 0.265 e. The Morgan fingerprint density at radius 2 is 1.81 bits per heavy atom. The van der Waals surface area contributed by atoms with Gasteiger partial charge < -0.3 is 19.3 Å². The molecule has 0 aromatic heterocycles. The van der Waals surface area contributed by atoms with Crippen molar-refractivity contribution in [1.29, 1.82) is 0 Å². The summed E-state index contributed by atoms with van der Waals surface area (Å²) < 4.78 is 12.1. The lowest BCUT2D eigenvalue weighted by Gasteiger charge is -2.37. The molecule has 2 aliphatic rings. The summed E-state index contributed by atoms with van der Waals surface area (Å²) in [6.45, 7) is 2.31. The van der Waals surface area contributed by atoms with Crippen molar-refractivity contribution in [1.82, 2.24) is 4.90 Å². The normalized spacial score (nSPS) is 19.2. The van der Waals surface area contributed by atoms with Crippen LogP contribution < -0.4 is 9.64 Å². The third kappa shape index (κ3) is 3.70. The first-order chi connectivity index (χ1) is 13.1. The van der Waals surface area contributed by atoms with Crippen molar-refractivity contribution >= 4 is 33.4 Å². The van der Waals surface area contributed by atoms with Crippen LogP contribution in [-0.4, -0.2) is 55.7 Å². The molecule has 2 aliphatic heterocycles. The van der Waals surface area contributed by atoms with E-state index < -0.39 is 6.10 Å². The van der Waals surface area contributed by atoms with Crippen LogP contribution in [0.3, 0.4) is 0 Å². The molecule has 0 N–H and O–H groups in total. The fraction of sp³-hybridized carbons (Fsp3) is 0.300. The molecule has 6 nitrogen and oxygen atoms in total. The molecule has 4 rings (SSSR count). The summed E-state index contributed by atoms with van der Waals surface area (Å²) >= 11 is 3.41. The quantitative estimate of drug-likeness (QED) is 0.734. The second-order valence-corrected chi connectivity index (χ2v) is 7.35.